The van der Waals surface area contributed by atoms with Crippen LogP contribution in [0.1, 0.15) is 42.7 Å². The van der Waals surface area contributed by atoms with E-state index in [0.29, 0.717) is 22.7 Å². The average Bonchev–Trinajstić information content (AvgIpc) is 3.43. The van der Waals surface area contributed by atoms with Crippen LogP contribution in [0, 0.1) is 17.1 Å². The number of nitriles is 1. The van der Waals surface area contributed by atoms with Gasteiger partial charge in [-0.2, -0.15) is 5.26 Å². The molecular formula is C24H21FN4O2. The molecule has 0 amide bonds. The molecule has 0 bridgehead atoms. The van der Waals surface area contributed by atoms with Crippen molar-refractivity contribution >= 4 is 0 Å². The number of hydrogen-bond acceptors (Lipinski definition) is 5. The zero-order valence-electron chi connectivity index (χ0n) is 16.8. The van der Waals surface area contributed by atoms with E-state index in [4.69, 9.17) is 15.2 Å². The molecule has 5 rings (SSSR count). The number of nitrogens with two attached hydrogens (primary N) is 1. The third-order valence-electron chi connectivity index (χ3n) is 5.87. The molecule has 2 aromatic carbocycles. The Kier molecular flexibility index (Phi) is 4.83. The lowest BCUT2D eigenvalue weighted by atomic mass is 9.83. The van der Waals surface area contributed by atoms with Gasteiger partial charge in [0.2, 0.25) is 11.8 Å². The van der Waals surface area contributed by atoms with E-state index in [9.17, 15) is 9.65 Å². The smallest absolute Gasteiger partial charge is 0.244 e. The first-order valence-corrected chi connectivity index (χ1v) is 10.3. The Balaban J connectivity index is 1.60. The molecule has 0 spiro atoms. The van der Waals surface area contributed by atoms with Crippen LogP contribution >= 0.6 is 0 Å². The summed E-state index contributed by atoms with van der Waals surface area (Å²) in [6, 6.07) is 16.0. The van der Waals surface area contributed by atoms with E-state index in [1.807, 2.05) is 24.3 Å². The van der Waals surface area contributed by atoms with Gasteiger partial charge in [0.1, 0.15) is 23.2 Å². The number of hydrogen-bond donors (Lipinski definition) is 2. The molecule has 1 aliphatic heterocycles. The number of aromatic amines is 1. The van der Waals surface area contributed by atoms with Gasteiger partial charge in [-0.05, 0) is 67.6 Å². The first-order valence-electron chi connectivity index (χ1n) is 10.3. The van der Waals surface area contributed by atoms with Crippen LogP contribution in [0.4, 0.5) is 4.39 Å². The van der Waals surface area contributed by atoms with Crippen molar-refractivity contribution in [2.45, 2.75) is 37.7 Å². The summed E-state index contributed by atoms with van der Waals surface area (Å²) in [5, 5.41) is 17.1. The highest BCUT2D eigenvalue weighted by molar-refractivity contribution is 5.71. The minimum atomic E-state index is -0.486. The predicted molar refractivity (Wildman–Crippen MR) is 113 cm³/mol. The fourth-order valence-corrected chi connectivity index (χ4v) is 4.38. The van der Waals surface area contributed by atoms with Gasteiger partial charge in [-0.1, -0.05) is 12.1 Å². The van der Waals surface area contributed by atoms with E-state index in [2.05, 4.69) is 16.3 Å². The molecule has 31 heavy (non-hydrogen) atoms. The van der Waals surface area contributed by atoms with Gasteiger partial charge in [0.05, 0.1) is 23.3 Å². The summed E-state index contributed by atoms with van der Waals surface area (Å²) in [5.74, 6) is 0.283. The van der Waals surface area contributed by atoms with Crippen LogP contribution in [0.2, 0.25) is 0 Å². The van der Waals surface area contributed by atoms with Gasteiger partial charge in [-0.25, -0.2) is 4.39 Å². The number of fused-ring (bicyclic) bond motifs is 1. The molecule has 1 atom stereocenters. The van der Waals surface area contributed by atoms with E-state index in [0.717, 1.165) is 29.7 Å². The molecule has 7 heteroatoms. The molecule has 156 valence electrons. The fraction of sp³-hybridized carbons (Fsp3) is 0.250. The number of aromatic nitrogens is 2. The summed E-state index contributed by atoms with van der Waals surface area (Å²) in [6.45, 7) is 0. The van der Waals surface area contributed by atoms with Crippen molar-refractivity contribution in [3.63, 3.8) is 0 Å². The normalized spacial score (nSPS) is 18.4. The van der Waals surface area contributed by atoms with Crippen LogP contribution in [0.15, 0.2) is 60.0 Å². The van der Waals surface area contributed by atoms with E-state index in [1.54, 1.807) is 12.1 Å². The minimum Gasteiger partial charge on any atom is -0.490 e. The van der Waals surface area contributed by atoms with Crippen LogP contribution in [0.25, 0.3) is 11.3 Å². The largest absolute Gasteiger partial charge is 0.490 e. The second-order valence-electron chi connectivity index (χ2n) is 7.85. The van der Waals surface area contributed by atoms with Crippen molar-refractivity contribution in [3.05, 3.63) is 76.9 Å². The van der Waals surface area contributed by atoms with Gasteiger partial charge < -0.3 is 15.2 Å². The molecule has 3 aromatic rings. The van der Waals surface area contributed by atoms with Crippen molar-refractivity contribution in [2.24, 2.45) is 5.73 Å². The molecule has 6 nitrogen and oxygen atoms in total. The molecule has 0 radical (unpaired) electrons. The van der Waals surface area contributed by atoms with Gasteiger partial charge >= 0.3 is 0 Å². The second kappa shape index (κ2) is 7.80. The van der Waals surface area contributed by atoms with E-state index < -0.39 is 5.92 Å². The summed E-state index contributed by atoms with van der Waals surface area (Å²) in [5.41, 5.74) is 9.30. The zero-order chi connectivity index (χ0) is 21.4. The second-order valence-corrected chi connectivity index (χ2v) is 7.85. The molecule has 0 saturated heterocycles. The fourth-order valence-electron chi connectivity index (χ4n) is 4.38. The van der Waals surface area contributed by atoms with Crippen molar-refractivity contribution < 1.29 is 13.9 Å². The monoisotopic (exact) mass is 416 g/mol. The van der Waals surface area contributed by atoms with Crippen molar-refractivity contribution in [1.29, 1.82) is 5.26 Å². The van der Waals surface area contributed by atoms with Crippen LogP contribution in [0.5, 0.6) is 11.6 Å². The van der Waals surface area contributed by atoms with Gasteiger partial charge in [0, 0.05) is 5.56 Å². The Bertz CT molecular complexity index is 1190. The van der Waals surface area contributed by atoms with Crippen LogP contribution < -0.4 is 15.2 Å². The standard InChI is InChI=1S/C24H21FN4O2/c25-16-10-8-14(9-11-16)22-21-20(19(13-26)23(27)31-24(21)29-28-22)15-4-3-7-18(12-15)30-17-5-1-2-6-17/h3-4,7-12,17,20H,1-2,5-6,27H2,(H,28,29). The Morgan fingerprint density at radius 2 is 1.94 bits per heavy atom. The number of allylic oxidation sites excluding steroid dienone is 1. The Morgan fingerprint density at radius 3 is 2.68 bits per heavy atom. The summed E-state index contributed by atoms with van der Waals surface area (Å²) in [4.78, 5) is 0. The number of nitrogens with one attached hydrogen (secondary N) is 1. The molecule has 1 fully saturated rings. The van der Waals surface area contributed by atoms with E-state index >= 15 is 0 Å². The third-order valence-corrected chi connectivity index (χ3v) is 5.87. The number of halogens is 1. The molecule has 1 saturated carbocycles. The first kappa shape index (κ1) is 19.2. The molecule has 2 heterocycles. The van der Waals surface area contributed by atoms with Crippen molar-refractivity contribution in [1.82, 2.24) is 10.2 Å². The molecule has 1 aliphatic carbocycles. The topological polar surface area (TPSA) is 97.0 Å². The Hall–Kier alpha value is -3.79. The Labute approximate surface area is 179 Å². The first-order chi connectivity index (χ1) is 15.1. The number of H-pyrrole nitrogens is 1. The quantitative estimate of drug-likeness (QED) is 0.639. The highest BCUT2D eigenvalue weighted by Gasteiger charge is 2.35. The summed E-state index contributed by atoms with van der Waals surface area (Å²) < 4.78 is 25.3. The minimum absolute atomic E-state index is 0.0271. The van der Waals surface area contributed by atoms with E-state index in [1.165, 1.54) is 25.0 Å². The van der Waals surface area contributed by atoms with Crippen LogP contribution in [-0.2, 0) is 0 Å². The number of nitrogens with zero attached hydrogens (tertiary/aromatic N) is 2. The van der Waals surface area contributed by atoms with E-state index in [-0.39, 0.29) is 17.8 Å². The molecule has 1 unspecified atom stereocenters. The SMILES string of the molecule is N#CC1=C(N)Oc2n[nH]c(-c3ccc(F)cc3)c2C1c1cccc(OC2CCCC2)c1. The third kappa shape index (κ3) is 3.50. The number of ether oxygens (including phenoxy) is 2. The molecule has 3 N–H and O–H groups in total. The van der Waals surface area contributed by atoms with Crippen molar-refractivity contribution in [3.8, 4) is 29.0 Å². The summed E-state index contributed by atoms with van der Waals surface area (Å²) >= 11 is 0. The van der Waals surface area contributed by atoms with Crippen LogP contribution in [0.3, 0.4) is 0 Å². The maximum Gasteiger partial charge on any atom is 0.244 e. The lowest BCUT2D eigenvalue weighted by Gasteiger charge is -2.24. The number of rotatable bonds is 4. The van der Waals surface area contributed by atoms with Gasteiger partial charge in [0.25, 0.3) is 0 Å². The average molecular weight is 416 g/mol. The highest BCUT2D eigenvalue weighted by Crippen LogP contribution is 2.46. The highest BCUT2D eigenvalue weighted by atomic mass is 19.1. The van der Waals surface area contributed by atoms with Crippen molar-refractivity contribution in [2.75, 3.05) is 0 Å². The maximum absolute atomic E-state index is 13.5. The molecule has 1 aromatic heterocycles. The predicted octanol–water partition coefficient (Wildman–Crippen LogP) is 4.76. The van der Waals surface area contributed by atoms with Gasteiger partial charge in [0.15, 0.2) is 0 Å². The lowest BCUT2D eigenvalue weighted by Crippen LogP contribution is -2.21. The zero-order valence-corrected chi connectivity index (χ0v) is 16.8. The van der Waals surface area contributed by atoms with Gasteiger partial charge in [-0.3, -0.25) is 5.10 Å². The molecular weight excluding hydrogens is 395 g/mol. The summed E-state index contributed by atoms with van der Waals surface area (Å²) in [6.07, 6.45) is 4.69. The maximum atomic E-state index is 13.5. The summed E-state index contributed by atoms with van der Waals surface area (Å²) in [7, 11) is 0. The lowest BCUT2D eigenvalue weighted by molar-refractivity contribution is 0.210. The number of benzene rings is 2. The van der Waals surface area contributed by atoms with Crippen LogP contribution in [-0.4, -0.2) is 16.3 Å². The molecule has 2 aliphatic rings. The van der Waals surface area contributed by atoms with Gasteiger partial charge in [-0.15, -0.1) is 5.10 Å². The Morgan fingerprint density at radius 1 is 1.16 bits per heavy atom.